The molecule has 6 heteroatoms. The molecule has 0 N–H and O–H groups in total. The number of benzene rings is 8. The van der Waals surface area contributed by atoms with Gasteiger partial charge < -0.3 is 13.9 Å². The number of hydrogen-bond donors (Lipinski definition) is 0. The van der Waals surface area contributed by atoms with E-state index in [-0.39, 0.29) is 65.8 Å². The summed E-state index contributed by atoms with van der Waals surface area (Å²) in [7, 11) is 0. The molecule has 0 bridgehead atoms. The number of para-hydroxylation sites is 1. The van der Waals surface area contributed by atoms with Crippen molar-refractivity contribution in [3.63, 3.8) is 0 Å². The van der Waals surface area contributed by atoms with Crippen molar-refractivity contribution in [2.24, 2.45) is 0 Å². The van der Waals surface area contributed by atoms with Crippen LogP contribution in [0.1, 0.15) is 139 Å². The van der Waals surface area contributed by atoms with Crippen LogP contribution in [0.5, 0.6) is 11.5 Å². The molecule has 11 rings (SSSR count). The van der Waals surface area contributed by atoms with Gasteiger partial charge in [-0.05, 0) is 124 Å². The van der Waals surface area contributed by atoms with E-state index >= 15 is 0 Å². The van der Waals surface area contributed by atoms with E-state index in [1.165, 1.54) is 27.8 Å². The van der Waals surface area contributed by atoms with Crippen molar-refractivity contribution < 1.29 is 37.2 Å². The first kappa shape index (κ1) is 49.7. The fourth-order valence-electron chi connectivity index (χ4n) is 10.5. The number of ether oxygens (including phenoxy) is 1. The summed E-state index contributed by atoms with van der Waals surface area (Å²) in [4.78, 5) is 4.89. The third-order valence-corrected chi connectivity index (χ3v) is 15.3. The van der Waals surface area contributed by atoms with Crippen LogP contribution in [0.4, 0.5) is 0 Å². The van der Waals surface area contributed by atoms with Crippen molar-refractivity contribution in [3.05, 3.63) is 222 Å². The van der Waals surface area contributed by atoms with E-state index in [1.54, 1.807) is 0 Å². The number of nitrogens with zero attached hydrogens (tertiary/aromatic N) is 4. The molecule has 3 heterocycles. The second-order valence-corrected chi connectivity index (χ2v) is 26.4. The van der Waals surface area contributed by atoms with Crippen LogP contribution in [-0.2, 0) is 48.1 Å². The Bertz CT molecular complexity index is 4380. The molecule has 5 nitrogen and oxygen atoms in total. The Hall–Kier alpha value is -7.33. The summed E-state index contributed by atoms with van der Waals surface area (Å²) >= 11 is 0. The molecule has 8 aromatic carbocycles. The maximum Gasteiger partial charge on any atom is 0.268 e. The molecule has 80 heavy (non-hydrogen) atoms. The third-order valence-electron chi connectivity index (χ3n) is 15.3. The normalized spacial score (nSPS) is 13.5. The summed E-state index contributed by atoms with van der Waals surface area (Å²) < 4.78 is 57.2. The fraction of sp³-hybridized carbons (Fsp3) is 0.270. The van der Waals surface area contributed by atoms with Crippen LogP contribution >= 0.6 is 0 Å². The van der Waals surface area contributed by atoms with Crippen molar-refractivity contribution in [2.75, 3.05) is 0 Å². The van der Waals surface area contributed by atoms with E-state index in [0.29, 0.717) is 28.3 Å². The molecule has 0 atom stereocenters. The summed E-state index contributed by atoms with van der Waals surface area (Å²) in [5.74, 6) is 1.72. The molecule has 0 amide bonds. The van der Waals surface area contributed by atoms with Gasteiger partial charge in [-0.2, -0.15) is 18.2 Å². The third kappa shape index (κ3) is 10.9. The predicted octanol–water partition coefficient (Wildman–Crippen LogP) is 19.1. The summed E-state index contributed by atoms with van der Waals surface area (Å²) in [6.45, 7) is 33.8. The van der Waals surface area contributed by atoms with Gasteiger partial charge in [0.05, 0.1) is 23.6 Å². The maximum absolute atomic E-state index is 9.13. The first-order valence-electron chi connectivity index (χ1n) is 30.0. The zero-order chi connectivity index (χ0) is 60.3. The van der Waals surface area contributed by atoms with Gasteiger partial charge in [-0.15, -0.1) is 29.7 Å². The van der Waals surface area contributed by atoms with Gasteiger partial charge in [0.25, 0.3) is 6.33 Å². The van der Waals surface area contributed by atoms with Crippen molar-refractivity contribution >= 4 is 32.8 Å². The zero-order valence-electron chi connectivity index (χ0n) is 53.9. The summed E-state index contributed by atoms with van der Waals surface area (Å²) in [6.07, 6.45) is 5.75. The van der Waals surface area contributed by atoms with Crippen molar-refractivity contribution in [1.82, 2.24) is 14.1 Å². The van der Waals surface area contributed by atoms with Crippen molar-refractivity contribution in [3.8, 4) is 62.1 Å². The van der Waals surface area contributed by atoms with Crippen LogP contribution in [0, 0.1) is 18.5 Å². The molecule has 0 aliphatic rings. The molecular formula is C74H74N4OPt-2. The first-order chi connectivity index (χ1) is 39.4. The van der Waals surface area contributed by atoms with Crippen LogP contribution in [0.25, 0.3) is 83.4 Å². The van der Waals surface area contributed by atoms with Crippen LogP contribution < -0.4 is 9.30 Å². The van der Waals surface area contributed by atoms with Gasteiger partial charge in [-0.1, -0.05) is 225 Å². The Morgan fingerprint density at radius 2 is 1.07 bits per heavy atom. The van der Waals surface area contributed by atoms with E-state index in [1.807, 2.05) is 59.3 Å². The van der Waals surface area contributed by atoms with E-state index in [4.69, 9.17) is 16.6 Å². The maximum atomic E-state index is 9.13. The van der Waals surface area contributed by atoms with Gasteiger partial charge in [-0.25, -0.2) is 4.98 Å². The Kier molecular flexibility index (Phi) is 12.8. The van der Waals surface area contributed by atoms with Crippen LogP contribution in [0.3, 0.4) is 0 Å². The largest absolute Gasteiger partial charge is 0.510 e. The Morgan fingerprint density at radius 1 is 0.475 bits per heavy atom. The molecule has 3 aromatic heterocycles. The molecule has 11 aromatic rings. The Balaban J connectivity index is 0.00000803. The smallest absolute Gasteiger partial charge is 0.268 e. The second-order valence-electron chi connectivity index (χ2n) is 26.4. The monoisotopic (exact) mass is 1230 g/mol. The number of imidazole rings is 1. The Labute approximate surface area is 496 Å². The first-order valence-corrected chi connectivity index (χ1v) is 27.5. The van der Waals surface area contributed by atoms with Gasteiger partial charge in [0.1, 0.15) is 5.82 Å². The van der Waals surface area contributed by atoms with E-state index < -0.39 is 18.1 Å². The minimum atomic E-state index is -0.445. The number of fused-ring (bicyclic) bond motifs is 4. The van der Waals surface area contributed by atoms with Gasteiger partial charge in [-0.3, -0.25) is 4.57 Å². The minimum absolute atomic E-state index is 0. The fourth-order valence-corrected chi connectivity index (χ4v) is 10.5. The molecule has 0 saturated carbocycles. The number of rotatable bonds is 8. The van der Waals surface area contributed by atoms with Crippen LogP contribution in [-0.4, -0.2) is 14.1 Å². The quantitative estimate of drug-likeness (QED) is 0.112. The summed E-state index contributed by atoms with van der Waals surface area (Å²) in [5.41, 5.74) is 14.7. The number of aromatic nitrogens is 4. The van der Waals surface area contributed by atoms with E-state index in [9.17, 15) is 0 Å². The summed E-state index contributed by atoms with van der Waals surface area (Å²) in [5, 5.41) is 2.10. The second kappa shape index (κ2) is 20.6. The molecule has 0 fully saturated rings. The van der Waals surface area contributed by atoms with E-state index in [2.05, 4.69) is 222 Å². The van der Waals surface area contributed by atoms with Gasteiger partial charge in [0.2, 0.25) is 0 Å². The average molecular weight is 1240 g/mol. The molecule has 0 unspecified atom stereocenters. The SMILES string of the molecule is [2H]c1c([2H])c([2H])c(-c2ccc3c(c2)n(-c2[c-]c(Oc4[c-]c5c(cc4)c4ccccc4n5-c4cc(C(C)(C)C)ccn4)ccc2)[c-][n+]3-c2c(-c3cccc(C(C)(C)C)c3)cc(C(C)(C)C)cc2-c2cc(C(C)(C)C)cc(C(C)(C)C)c2)c([2H])c1[2H].[Pt]. The van der Waals surface area contributed by atoms with Gasteiger partial charge in [0.15, 0.2) is 0 Å². The van der Waals surface area contributed by atoms with Crippen molar-refractivity contribution in [1.29, 1.82) is 0 Å². The zero-order valence-corrected chi connectivity index (χ0v) is 51.1. The van der Waals surface area contributed by atoms with Crippen molar-refractivity contribution in [2.45, 2.75) is 131 Å². The standard InChI is InChI=1S/C74H74N4O.Pt/c1-70(2,3)52-26-21-25-50(37-52)62-42-56(74(13,14)15)43-63(51-38-54(72(7,8)9)41-55(39-51)73(10,11)12)69(62)77-47-76(67-40-49(31-34-65(67)77)48-23-17-16-18-24-48)57-27-22-28-58(45-57)79-59-32-33-61-60-29-19-20-30-64(60)78(66(61)46-59)68-44-53(35-36-75-68)71(4,5)6;/h16-44H,1-15H3;/q-2;/i16D,17D,18D,23D,24D;. The number of pyridine rings is 1. The van der Waals surface area contributed by atoms with Crippen LogP contribution in [0.2, 0.25) is 0 Å². The molecule has 0 radical (unpaired) electrons. The average Bonchev–Trinajstić information content (AvgIpc) is 1.75. The van der Waals surface area contributed by atoms with Crippen LogP contribution in [0.15, 0.2) is 176 Å². The molecule has 0 aliphatic heterocycles. The molecule has 408 valence electrons. The minimum Gasteiger partial charge on any atom is -0.510 e. The van der Waals surface area contributed by atoms with E-state index in [0.717, 1.165) is 61.1 Å². The topological polar surface area (TPSA) is 35.9 Å². The summed E-state index contributed by atoms with van der Waals surface area (Å²) in [6, 6.07) is 54.2. The molecule has 0 saturated heterocycles. The Morgan fingerprint density at radius 3 is 1.75 bits per heavy atom. The predicted molar refractivity (Wildman–Crippen MR) is 330 cm³/mol. The molecule has 0 aliphatic carbocycles. The molecular weight excluding hydrogens is 1160 g/mol. The number of hydrogen-bond acceptors (Lipinski definition) is 2. The molecule has 0 spiro atoms. The van der Waals surface area contributed by atoms with Gasteiger partial charge in [0, 0.05) is 44.3 Å². The van der Waals surface area contributed by atoms with Gasteiger partial charge >= 0.3 is 0 Å².